The van der Waals surface area contributed by atoms with E-state index in [4.69, 9.17) is 9.47 Å². The van der Waals surface area contributed by atoms with Crippen LogP contribution in [-0.2, 0) is 24.3 Å². The number of guanidine groups is 1. The van der Waals surface area contributed by atoms with Crippen LogP contribution in [0.4, 0.5) is 4.39 Å². The van der Waals surface area contributed by atoms with Gasteiger partial charge < -0.3 is 20.1 Å². The lowest BCUT2D eigenvalue weighted by molar-refractivity contribution is 0.177. The van der Waals surface area contributed by atoms with Gasteiger partial charge in [0.1, 0.15) is 30.1 Å². The Kier molecular flexibility index (Phi) is 9.08. The third-order valence-electron chi connectivity index (χ3n) is 4.45. The first-order valence-electron chi connectivity index (χ1n) is 9.38. The predicted molar refractivity (Wildman–Crippen MR) is 119 cm³/mol. The van der Waals surface area contributed by atoms with Crippen LogP contribution in [0.25, 0.3) is 0 Å². The Hall–Kier alpha value is -1.95. The van der Waals surface area contributed by atoms with E-state index in [9.17, 15) is 4.39 Å². The average Bonchev–Trinajstić information content (AvgIpc) is 3.09. The number of hydrogen-bond acceptors (Lipinski definition) is 5. The van der Waals surface area contributed by atoms with E-state index in [-0.39, 0.29) is 41.9 Å². The molecule has 29 heavy (non-hydrogen) atoms. The zero-order valence-electron chi connectivity index (χ0n) is 16.9. The number of methoxy groups -OCH3 is 1. The van der Waals surface area contributed by atoms with E-state index in [1.165, 1.54) is 12.1 Å². The standard InChI is InChI=1S/C19H27FN6O2.HI/c1-13(28-16-7-4-14(20)5-8-16)10-22-19(21-2)23-15-6-9-18-24-17(12-27-3)25-26(18)11-15;/h4-5,7-8,13,15H,6,9-12H2,1-3H3,(H2,21,22,23);1H. The Morgan fingerprint density at radius 2 is 2.14 bits per heavy atom. The van der Waals surface area contributed by atoms with Gasteiger partial charge in [0.15, 0.2) is 11.8 Å². The molecule has 2 atom stereocenters. The highest BCUT2D eigenvalue weighted by Crippen LogP contribution is 2.14. The molecule has 2 unspecified atom stereocenters. The van der Waals surface area contributed by atoms with Crippen molar-refractivity contribution in [2.45, 2.75) is 45.1 Å². The van der Waals surface area contributed by atoms with Crippen molar-refractivity contribution in [1.29, 1.82) is 0 Å². The number of aryl methyl sites for hydroxylation is 1. The summed E-state index contributed by atoms with van der Waals surface area (Å²) in [6.45, 7) is 3.67. The minimum atomic E-state index is -0.278. The van der Waals surface area contributed by atoms with Gasteiger partial charge in [-0.1, -0.05) is 0 Å². The van der Waals surface area contributed by atoms with E-state index >= 15 is 0 Å². The molecule has 1 aromatic heterocycles. The first-order chi connectivity index (χ1) is 13.6. The van der Waals surface area contributed by atoms with Gasteiger partial charge in [-0.25, -0.2) is 14.1 Å². The van der Waals surface area contributed by atoms with Crippen LogP contribution in [0.3, 0.4) is 0 Å². The minimum Gasteiger partial charge on any atom is -0.489 e. The van der Waals surface area contributed by atoms with E-state index < -0.39 is 0 Å². The maximum atomic E-state index is 13.0. The molecule has 0 saturated heterocycles. The molecule has 0 amide bonds. The van der Waals surface area contributed by atoms with Gasteiger partial charge in [0.05, 0.1) is 13.1 Å². The van der Waals surface area contributed by atoms with E-state index in [0.29, 0.717) is 30.7 Å². The topological polar surface area (TPSA) is 85.6 Å². The summed E-state index contributed by atoms with van der Waals surface area (Å²) in [5, 5.41) is 11.2. The normalized spacial score (nSPS) is 17.1. The molecule has 0 spiro atoms. The molecule has 1 aromatic carbocycles. The summed E-state index contributed by atoms with van der Waals surface area (Å²) < 4.78 is 25.8. The lowest BCUT2D eigenvalue weighted by Gasteiger charge is -2.26. The Morgan fingerprint density at radius 3 is 2.83 bits per heavy atom. The van der Waals surface area contributed by atoms with Crippen LogP contribution in [0, 0.1) is 5.82 Å². The first kappa shape index (κ1) is 23.3. The summed E-state index contributed by atoms with van der Waals surface area (Å²) in [6, 6.07) is 6.22. The third-order valence-corrected chi connectivity index (χ3v) is 4.45. The van der Waals surface area contributed by atoms with Crippen molar-refractivity contribution in [3.63, 3.8) is 0 Å². The van der Waals surface area contributed by atoms with Crippen LogP contribution in [0.2, 0.25) is 0 Å². The second kappa shape index (κ2) is 11.3. The number of hydrogen-bond donors (Lipinski definition) is 2. The Morgan fingerprint density at radius 1 is 1.38 bits per heavy atom. The number of nitrogens with one attached hydrogen (secondary N) is 2. The van der Waals surface area contributed by atoms with Crippen LogP contribution >= 0.6 is 24.0 Å². The summed E-state index contributed by atoms with van der Waals surface area (Å²) >= 11 is 0. The Labute approximate surface area is 187 Å². The summed E-state index contributed by atoms with van der Waals surface area (Å²) in [6.07, 6.45) is 1.71. The zero-order chi connectivity index (χ0) is 19.9. The number of rotatable bonds is 7. The maximum Gasteiger partial charge on any atom is 0.191 e. The van der Waals surface area contributed by atoms with Gasteiger partial charge in [-0.05, 0) is 37.6 Å². The fraction of sp³-hybridized carbons (Fsp3) is 0.526. The van der Waals surface area contributed by atoms with Crippen LogP contribution in [0.5, 0.6) is 5.75 Å². The number of ether oxygens (including phenoxy) is 2. The Balaban J connectivity index is 0.00000300. The van der Waals surface area contributed by atoms with Gasteiger partial charge in [-0.3, -0.25) is 4.99 Å². The van der Waals surface area contributed by atoms with Gasteiger partial charge in [-0.2, -0.15) is 5.10 Å². The summed E-state index contributed by atoms with van der Waals surface area (Å²) in [7, 11) is 3.38. The van der Waals surface area contributed by atoms with Crippen molar-refractivity contribution in [2.75, 3.05) is 20.7 Å². The predicted octanol–water partition coefficient (Wildman–Crippen LogP) is 2.13. The van der Waals surface area contributed by atoms with Gasteiger partial charge >= 0.3 is 0 Å². The van der Waals surface area contributed by atoms with Crippen LogP contribution < -0.4 is 15.4 Å². The first-order valence-corrected chi connectivity index (χ1v) is 9.38. The number of aliphatic imine (C=N–C) groups is 1. The molecule has 0 bridgehead atoms. The molecule has 0 radical (unpaired) electrons. The monoisotopic (exact) mass is 518 g/mol. The van der Waals surface area contributed by atoms with Crippen molar-refractivity contribution in [3.8, 4) is 5.75 Å². The molecular weight excluding hydrogens is 490 g/mol. The second-order valence-electron chi connectivity index (χ2n) is 6.77. The molecule has 2 N–H and O–H groups in total. The molecule has 0 fully saturated rings. The highest BCUT2D eigenvalue weighted by atomic mass is 127. The molecular formula is C19H28FIN6O2. The molecule has 0 aliphatic carbocycles. The number of halogens is 2. The summed E-state index contributed by atoms with van der Waals surface area (Å²) in [4.78, 5) is 8.78. The highest BCUT2D eigenvalue weighted by molar-refractivity contribution is 14.0. The minimum absolute atomic E-state index is 0. The highest BCUT2D eigenvalue weighted by Gasteiger charge is 2.22. The van der Waals surface area contributed by atoms with E-state index in [2.05, 4.69) is 25.7 Å². The Bertz CT molecular complexity index is 798. The van der Waals surface area contributed by atoms with Crippen molar-refractivity contribution < 1.29 is 13.9 Å². The van der Waals surface area contributed by atoms with Crippen LogP contribution in [-0.4, -0.2) is 53.6 Å². The fourth-order valence-corrected chi connectivity index (χ4v) is 3.08. The SMILES string of the molecule is CN=C(NCC(C)Oc1ccc(F)cc1)NC1CCc2nc(COC)nn2C1.I. The van der Waals surface area contributed by atoms with Crippen molar-refractivity contribution >= 4 is 29.9 Å². The molecule has 8 nitrogen and oxygen atoms in total. The molecule has 2 aromatic rings. The van der Waals surface area contributed by atoms with E-state index in [0.717, 1.165) is 25.2 Å². The zero-order valence-corrected chi connectivity index (χ0v) is 19.2. The van der Waals surface area contributed by atoms with Crippen molar-refractivity contribution in [1.82, 2.24) is 25.4 Å². The fourth-order valence-electron chi connectivity index (χ4n) is 3.08. The van der Waals surface area contributed by atoms with Gasteiger partial charge in [0.2, 0.25) is 0 Å². The van der Waals surface area contributed by atoms with Crippen LogP contribution in [0.15, 0.2) is 29.3 Å². The number of aromatic nitrogens is 3. The van der Waals surface area contributed by atoms with E-state index in [1.807, 2.05) is 11.6 Å². The maximum absolute atomic E-state index is 13.0. The molecule has 1 aliphatic heterocycles. The molecule has 2 heterocycles. The molecule has 160 valence electrons. The lowest BCUT2D eigenvalue weighted by atomic mass is 10.1. The second-order valence-corrected chi connectivity index (χ2v) is 6.77. The third kappa shape index (κ3) is 6.81. The van der Waals surface area contributed by atoms with Crippen LogP contribution in [0.1, 0.15) is 25.0 Å². The summed E-state index contributed by atoms with van der Waals surface area (Å²) in [5.74, 6) is 2.78. The average molecular weight is 518 g/mol. The van der Waals surface area contributed by atoms with Crippen molar-refractivity contribution in [3.05, 3.63) is 41.7 Å². The largest absolute Gasteiger partial charge is 0.489 e. The molecule has 0 saturated carbocycles. The van der Waals surface area contributed by atoms with Crippen molar-refractivity contribution in [2.24, 2.45) is 4.99 Å². The quantitative estimate of drug-likeness (QED) is 0.332. The number of benzene rings is 1. The van der Waals surface area contributed by atoms with Gasteiger partial charge in [0, 0.05) is 26.6 Å². The lowest BCUT2D eigenvalue weighted by Crippen LogP contribution is -2.48. The van der Waals surface area contributed by atoms with Gasteiger partial charge in [-0.15, -0.1) is 24.0 Å². The van der Waals surface area contributed by atoms with E-state index in [1.54, 1.807) is 26.3 Å². The molecule has 10 heteroatoms. The molecule has 1 aliphatic rings. The number of fused-ring (bicyclic) bond motifs is 1. The number of nitrogens with zero attached hydrogens (tertiary/aromatic N) is 4. The molecule has 3 rings (SSSR count). The smallest absolute Gasteiger partial charge is 0.191 e. The summed E-state index contributed by atoms with van der Waals surface area (Å²) in [5.41, 5.74) is 0. The van der Waals surface area contributed by atoms with Gasteiger partial charge in [0.25, 0.3) is 0 Å².